The van der Waals surface area contributed by atoms with E-state index in [1.807, 2.05) is 14.2 Å². The van der Waals surface area contributed by atoms with Crippen LogP contribution in [0.25, 0.3) is 21.8 Å². The molecule has 0 amide bonds. The molecule has 8 heterocycles. The number of carbonyl (C=O) groups excluding carboxylic acids is 1. The van der Waals surface area contributed by atoms with E-state index in [-0.39, 0.29) is 35.6 Å². The fraction of sp³-hybridized carbons (Fsp3) is 0.568. The Labute approximate surface area is 312 Å². The number of allylic oxidation sites excluding steroid dienone is 1. The Bertz CT molecular complexity index is 2200. The first-order valence-corrected chi connectivity index (χ1v) is 19.7. The molecular formula is C44H54N4O5. The summed E-state index contributed by atoms with van der Waals surface area (Å²) in [5.74, 6) is 1.78. The molecule has 0 saturated carbocycles. The summed E-state index contributed by atoms with van der Waals surface area (Å²) in [6.07, 6.45) is 6.51. The number of aromatic nitrogens is 2. The minimum absolute atomic E-state index is 0.127. The lowest BCUT2D eigenvalue weighted by Gasteiger charge is -2.58. The summed E-state index contributed by atoms with van der Waals surface area (Å²) in [7, 11) is 12.8. The number of para-hydroxylation sites is 1. The van der Waals surface area contributed by atoms with Gasteiger partial charge >= 0.3 is 0 Å². The summed E-state index contributed by atoms with van der Waals surface area (Å²) < 4.78 is 30.5. The Hall–Kier alpha value is -3.63. The predicted octanol–water partition coefficient (Wildman–Crippen LogP) is 6.50. The predicted molar refractivity (Wildman–Crippen MR) is 205 cm³/mol. The van der Waals surface area contributed by atoms with Crippen molar-refractivity contribution in [3.05, 3.63) is 76.3 Å². The number of nitrogens with zero attached hydrogens (tertiary/aromatic N) is 4. The highest BCUT2D eigenvalue weighted by atomic mass is 16.7. The van der Waals surface area contributed by atoms with Crippen LogP contribution in [0.5, 0.6) is 5.75 Å². The Balaban J connectivity index is 1.09. The molecule has 53 heavy (non-hydrogen) atoms. The number of ether oxygens (including phenoxy) is 4. The fourth-order valence-electron chi connectivity index (χ4n) is 12.8. The van der Waals surface area contributed by atoms with Crippen LogP contribution in [-0.2, 0) is 52.4 Å². The molecule has 3 fully saturated rings. The first-order valence-electron chi connectivity index (χ1n) is 19.7. The van der Waals surface area contributed by atoms with E-state index in [2.05, 4.69) is 90.4 Å². The number of fused-ring (bicyclic) bond motifs is 16. The van der Waals surface area contributed by atoms with Crippen molar-refractivity contribution in [2.75, 3.05) is 41.5 Å². The van der Waals surface area contributed by atoms with Gasteiger partial charge in [0.05, 0.1) is 38.7 Å². The highest BCUT2D eigenvalue weighted by Crippen LogP contribution is 2.57. The quantitative estimate of drug-likeness (QED) is 0.234. The van der Waals surface area contributed by atoms with Crippen LogP contribution in [0.1, 0.15) is 66.9 Å². The molecule has 4 bridgehead atoms. The van der Waals surface area contributed by atoms with Gasteiger partial charge in [-0.15, -0.1) is 0 Å². The number of hydrogen-bond donors (Lipinski definition) is 0. The molecule has 0 N–H and O–H groups in total. The summed E-state index contributed by atoms with van der Waals surface area (Å²) in [6, 6.07) is 14.6. The molecule has 10 rings (SSSR count). The zero-order chi connectivity index (χ0) is 36.7. The highest BCUT2D eigenvalue weighted by molar-refractivity contribution is 5.94. The molecule has 0 spiro atoms. The minimum atomic E-state index is -0.728. The van der Waals surface area contributed by atoms with E-state index < -0.39 is 5.79 Å². The summed E-state index contributed by atoms with van der Waals surface area (Å²) in [4.78, 5) is 18.0. The van der Waals surface area contributed by atoms with Gasteiger partial charge in [0, 0.05) is 95.4 Å². The molecule has 280 valence electrons. The summed E-state index contributed by atoms with van der Waals surface area (Å²) in [5, 5.41) is 2.74. The van der Waals surface area contributed by atoms with E-state index in [0.717, 1.165) is 43.4 Å². The van der Waals surface area contributed by atoms with Gasteiger partial charge < -0.3 is 28.1 Å². The number of aryl methyl sites for hydroxylation is 2. The van der Waals surface area contributed by atoms with E-state index in [9.17, 15) is 4.79 Å². The minimum Gasteiger partial charge on any atom is -0.500 e. The number of ketones is 1. The van der Waals surface area contributed by atoms with Gasteiger partial charge in [-0.05, 0) is 101 Å². The molecular weight excluding hydrogens is 665 g/mol. The molecule has 3 saturated heterocycles. The molecule has 2 aromatic carbocycles. The highest BCUT2D eigenvalue weighted by Gasteiger charge is 2.57. The molecule has 6 aliphatic heterocycles. The van der Waals surface area contributed by atoms with E-state index in [0.29, 0.717) is 37.1 Å². The van der Waals surface area contributed by atoms with Crippen LogP contribution >= 0.6 is 0 Å². The van der Waals surface area contributed by atoms with Crippen LogP contribution in [0.4, 0.5) is 0 Å². The molecule has 2 aromatic heterocycles. The lowest BCUT2D eigenvalue weighted by atomic mass is 9.62. The SMILES string of the molecule is COc1ccc2c(c1C[C@H]1[C@@H]3CC4c5c(c6ccccc6n5C)C[C@@H]([C@@H]3COC1(C)OC)N4C)c1c(n2C)C2C[C@H]3C(C(C)=O)=COC[C@H]3[C@H](C1)N2C. The normalized spacial score (nSPS) is 34.9. The number of Topliss-reactive ketones (excluding diaryl/α,β-unsaturated/α-hetero) is 1. The van der Waals surface area contributed by atoms with Crippen molar-refractivity contribution < 1.29 is 23.7 Å². The number of likely N-dealkylation sites (N-methyl/N-ethyl adjacent to an activating group) is 2. The zero-order valence-electron chi connectivity index (χ0n) is 32.5. The van der Waals surface area contributed by atoms with Crippen LogP contribution in [-0.4, -0.2) is 84.1 Å². The smallest absolute Gasteiger partial charge is 0.168 e. The zero-order valence-corrected chi connectivity index (χ0v) is 32.5. The van der Waals surface area contributed by atoms with Gasteiger partial charge in [0.25, 0.3) is 0 Å². The molecule has 9 heteroatoms. The third kappa shape index (κ3) is 4.54. The van der Waals surface area contributed by atoms with Crippen molar-refractivity contribution in [2.45, 2.75) is 75.9 Å². The van der Waals surface area contributed by atoms with Gasteiger partial charge in [-0.3, -0.25) is 14.6 Å². The maximum absolute atomic E-state index is 12.8. The van der Waals surface area contributed by atoms with Gasteiger partial charge in [-0.2, -0.15) is 0 Å². The van der Waals surface area contributed by atoms with Crippen LogP contribution in [0, 0.1) is 29.6 Å². The number of rotatable bonds is 5. The second-order valence-corrected chi connectivity index (χ2v) is 17.3. The first kappa shape index (κ1) is 33.9. The van der Waals surface area contributed by atoms with Crippen molar-refractivity contribution in [3.63, 3.8) is 0 Å². The molecule has 3 unspecified atom stereocenters. The maximum atomic E-state index is 12.8. The Morgan fingerprint density at radius 1 is 0.849 bits per heavy atom. The molecule has 6 aliphatic rings. The molecule has 9 nitrogen and oxygen atoms in total. The summed E-state index contributed by atoms with van der Waals surface area (Å²) >= 11 is 0. The number of benzene rings is 2. The standard InChI is InChI=1S/C44H54N4O5/c1-23(49)30-20-52-21-31-25(30)16-38-43-29(19-37(31)46(38)4)41-28(40(50-7)14-13-35(41)48(43)6)15-33-26-17-39-42-27(24-11-9-10-12-34(24)47(42)5)18-36(45(39)3)32(26)22-53-44(33,2)51-8/h9-14,20,25-26,31-33,36-39H,15-19,21-22H2,1-8H3/t25-,26+,31+,32+,33-,36-,37-,38?,39?,44?/m0/s1. The lowest BCUT2D eigenvalue weighted by Crippen LogP contribution is -2.62. The summed E-state index contributed by atoms with van der Waals surface area (Å²) in [5.41, 5.74) is 10.5. The summed E-state index contributed by atoms with van der Waals surface area (Å²) in [6.45, 7) is 5.23. The number of carbonyl (C=O) groups is 1. The molecule has 4 aromatic rings. The largest absolute Gasteiger partial charge is 0.500 e. The van der Waals surface area contributed by atoms with Crippen LogP contribution in [0.2, 0.25) is 0 Å². The van der Waals surface area contributed by atoms with Crippen molar-refractivity contribution in [3.8, 4) is 5.75 Å². The second kappa shape index (κ2) is 11.9. The van der Waals surface area contributed by atoms with E-state index in [1.54, 1.807) is 13.2 Å². The van der Waals surface area contributed by atoms with Crippen molar-refractivity contribution in [2.24, 2.45) is 43.7 Å². The fourth-order valence-corrected chi connectivity index (χ4v) is 12.8. The van der Waals surface area contributed by atoms with Crippen LogP contribution < -0.4 is 4.74 Å². The Morgan fingerprint density at radius 3 is 2.30 bits per heavy atom. The average Bonchev–Trinajstić information content (AvgIpc) is 3.59. The maximum Gasteiger partial charge on any atom is 0.168 e. The second-order valence-electron chi connectivity index (χ2n) is 17.3. The molecule has 0 aliphatic carbocycles. The third-order valence-electron chi connectivity index (χ3n) is 15.5. The number of hydrogen-bond acceptors (Lipinski definition) is 7. The van der Waals surface area contributed by atoms with Gasteiger partial charge in [0.2, 0.25) is 0 Å². The van der Waals surface area contributed by atoms with E-state index >= 15 is 0 Å². The van der Waals surface area contributed by atoms with E-state index in [1.165, 1.54) is 49.9 Å². The Kier molecular flexibility index (Phi) is 7.63. The monoisotopic (exact) mass is 718 g/mol. The topological polar surface area (TPSA) is 70.3 Å². The van der Waals surface area contributed by atoms with Gasteiger partial charge in [0.1, 0.15) is 5.75 Å². The average molecular weight is 719 g/mol. The van der Waals surface area contributed by atoms with Crippen molar-refractivity contribution >= 4 is 27.6 Å². The van der Waals surface area contributed by atoms with Crippen molar-refractivity contribution in [1.82, 2.24) is 18.9 Å². The third-order valence-corrected chi connectivity index (χ3v) is 15.5. The first-order chi connectivity index (χ1) is 25.6. The van der Waals surface area contributed by atoms with Gasteiger partial charge in [-0.25, -0.2) is 0 Å². The van der Waals surface area contributed by atoms with Crippen molar-refractivity contribution in [1.29, 1.82) is 0 Å². The van der Waals surface area contributed by atoms with Gasteiger partial charge in [-0.1, -0.05) is 18.2 Å². The van der Waals surface area contributed by atoms with Crippen LogP contribution in [0.15, 0.2) is 48.2 Å². The molecule has 10 atom stereocenters. The van der Waals surface area contributed by atoms with E-state index in [4.69, 9.17) is 18.9 Å². The Morgan fingerprint density at radius 2 is 1.55 bits per heavy atom. The molecule has 0 radical (unpaired) electrons. The van der Waals surface area contributed by atoms with Crippen LogP contribution in [0.3, 0.4) is 0 Å². The lowest BCUT2D eigenvalue weighted by molar-refractivity contribution is -0.301. The number of methoxy groups -OCH3 is 2. The number of piperidine rings is 2. The van der Waals surface area contributed by atoms with Gasteiger partial charge in [0.15, 0.2) is 11.6 Å².